The Hall–Kier alpha value is -2.05. The van der Waals surface area contributed by atoms with Crippen LogP contribution in [0.5, 0.6) is 0 Å². The van der Waals surface area contributed by atoms with Crippen molar-refractivity contribution in [1.82, 2.24) is 15.1 Å². The molecule has 0 aromatic carbocycles. The Morgan fingerprint density at radius 1 is 1.76 bits per heavy atom. The molecule has 1 unspecified atom stereocenters. The number of oxime groups is 1. The van der Waals surface area contributed by atoms with E-state index in [9.17, 15) is 4.79 Å². The van der Waals surface area contributed by atoms with E-state index in [2.05, 4.69) is 15.6 Å². The number of aromatic nitrogens is 2. The van der Waals surface area contributed by atoms with Gasteiger partial charge in [-0.3, -0.25) is 9.48 Å². The van der Waals surface area contributed by atoms with E-state index in [1.165, 1.54) is 6.20 Å². The van der Waals surface area contributed by atoms with Crippen LogP contribution in [0.2, 0.25) is 0 Å². The standard InChI is InChI=1S/C10H15N5O2/c1-15-5-7(4-12-15)10(16)13-8(6-2-3-6)9(11)14-17/h4-6,8,17H,2-3H2,1H3,(H2,11,14)(H,13,16). The van der Waals surface area contributed by atoms with Crippen molar-refractivity contribution in [2.75, 3.05) is 0 Å². The number of amidine groups is 1. The second kappa shape index (κ2) is 4.44. The van der Waals surface area contributed by atoms with Crippen LogP contribution in [0.15, 0.2) is 17.5 Å². The molecule has 4 N–H and O–H groups in total. The van der Waals surface area contributed by atoms with Gasteiger partial charge in [0, 0.05) is 13.2 Å². The number of hydrogen-bond acceptors (Lipinski definition) is 4. The van der Waals surface area contributed by atoms with Crippen molar-refractivity contribution in [2.45, 2.75) is 18.9 Å². The number of rotatable bonds is 4. The highest BCUT2D eigenvalue weighted by Crippen LogP contribution is 2.32. The SMILES string of the molecule is Cn1cc(C(=O)NC(C(N)=NO)C2CC2)cn1. The van der Waals surface area contributed by atoms with Gasteiger partial charge in [-0.15, -0.1) is 0 Å². The van der Waals surface area contributed by atoms with Crippen LogP contribution in [0.25, 0.3) is 0 Å². The lowest BCUT2D eigenvalue weighted by molar-refractivity contribution is 0.0943. The van der Waals surface area contributed by atoms with Crippen LogP contribution < -0.4 is 11.1 Å². The molecular formula is C10H15N5O2. The van der Waals surface area contributed by atoms with E-state index < -0.39 is 6.04 Å². The van der Waals surface area contributed by atoms with Crippen LogP contribution in [-0.4, -0.2) is 32.8 Å². The molecule has 1 aliphatic rings. The molecule has 17 heavy (non-hydrogen) atoms. The minimum Gasteiger partial charge on any atom is -0.409 e. The number of nitrogens with one attached hydrogen (secondary N) is 1. The van der Waals surface area contributed by atoms with Gasteiger partial charge in [-0.05, 0) is 18.8 Å². The third-order valence-electron chi connectivity index (χ3n) is 2.78. The van der Waals surface area contributed by atoms with Gasteiger partial charge in [0.1, 0.15) is 0 Å². The van der Waals surface area contributed by atoms with Crippen molar-refractivity contribution in [3.63, 3.8) is 0 Å². The zero-order chi connectivity index (χ0) is 12.4. The molecule has 7 heteroatoms. The summed E-state index contributed by atoms with van der Waals surface area (Å²) in [6.45, 7) is 0. The number of nitrogens with two attached hydrogens (primary N) is 1. The number of carbonyl (C=O) groups is 1. The highest BCUT2D eigenvalue weighted by molar-refractivity contribution is 5.98. The second-order valence-corrected chi connectivity index (χ2v) is 4.22. The zero-order valence-electron chi connectivity index (χ0n) is 9.50. The van der Waals surface area contributed by atoms with Crippen LogP contribution in [-0.2, 0) is 7.05 Å². The first-order valence-electron chi connectivity index (χ1n) is 5.38. The molecule has 1 atom stereocenters. The van der Waals surface area contributed by atoms with Gasteiger partial charge in [0.25, 0.3) is 5.91 Å². The van der Waals surface area contributed by atoms with Crippen molar-refractivity contribution >= 4 is 11.7 Å². The summed E-state index contributed by atoms with van der Waals surface area (Å²) in [4.78, 5) is 11.9. The summed E-state index contributed by atoms with van der Waals surface area (Å²) in [5, 5.41) is 18.3. The Balaban J connectivity index is 2.05. The normalized spacial score (nSPS) is 17.8. The predicted octanol–water partition coefficient (Wildman–Crippen LogP) is -0.325. The van der Waals surface area contributed by atoms with Crippen LogP contribution in [0.3, 0.4) is 0 Å². The lowest BCUT2D eigenvalue weighted by Crippen LogP contribution is -2.46. The van der Waals surface area contributed by atoms with Crippen molar-refractivity contribution in [1.29, 1.82) is 0 Å². The molecular weight excluding hydrogens is 222 g/mol. The summed E-state index contributed by atoms with van der Waals surface area (Å²) < 4.78 is 1.55. The third kappa shape index (κ3) is 2.55. The first kappa shape index (κ1) is 11.4. The molecule has 1 fully saturated rings. The van der Waals surface area contributed by atoms with Gasteiger partial charge in [0.05, 0.1) is 17.8 Å². The molecule has 0 saturated heterocycles. The summed E-state index contributed by atoms with van der Waals surface area (Å²) in [7, 11) is 1.73. The molecule has 1 aromatic rings. The fourth-order valence-corrected chi connectivity index (χ4v) is 1.69. The summed E-state index contributed by atoms with van der Waals surface area (Å²) in [6, 6.07) is -0.396. The number of amides is 1. The quantitative estimate of drug-likeness (QED) is 0.288. The lowest BCUT2D eigenvalue weighted by Gasteiger charge is -2.15. The Morgan fingerprint density at radius 2 is 2.47 bits per heavy atom. The molecule has 1 aromatic heterocycles. The van der Waals surface area contributed by atoms with E-state index in [4.69, 9.17) is 10.9 Å². The molecule has 0 aliphatic heterocycles. The summed E-state index contributed by atoms with van der Waals surface area (Å²) in [6.07, 6.45) is 5.06. The zero-order valence-corrected chi connectivity index (χ0v) is 9.50. The van der Waals surface area contributed by atoms with Crippen molar-refractivity contribution in [2.24, 2.45) is 23.9 Å². The summed E-state index contributed by atoms with van der Waals surface area (Å²) in [5.41, 5.74) is 6.02. The van der Waals surface area contributed by atoms with E-state index in [0.717, 1.165) is 12.8 Å². The van der Waals surface area contributed by atoms with Crippen molar-refractivity contribution in [3.05, 3.63) is 18.0 Å². The minimum absolute atomic E-state index is 0.0461. The van der Waals surface area contributed by atoms with Crippen molar-refractivity contribution < 1.29 is 10.0 Å². The number of carbonyl (C=O) groups excluding carboxylic acids is 1. The molecule has 1 heterocycles. The third-order valence-corrected chi connectivity index (χ3v) is 2.78. The minimum atomic E-state index is -0.396. The molecule has 0 spiro atoms. The average Bonchev–Trinajstić information content (AvgIpc) is 3.06. The molecule has 7 nitrogen and oxygen atoms in total. The maximum absolute atomic E-state index is 11.9. The molecule has 0 bridgehead atoms. The van der Waals surface area contributed by atoms with Gasteiger partial charge in [0.2, 0.25) is 0 Å². The van der Waals surface area contributed by atoms with Crippen LogP contribution >= 0.6 is 0 Å². The van der Waals surface area contributed by atoms with Crippen LogP contribution in [0.1, 0.15) is 23.2 Å². The Labute approximate surface area is 98.3 Å². The molecule has 1 aliphatic carbocycles. The predicted molar refractivity (Wildman–Crippen MR) is 60.6 cm³/mol. The van der Waals surface area contributed by atoms with Gasteiger partial charge in [-0.1, -0.05) is 5.16 Å². The van der Waals surface area contributed by atoms with E-state index in [0.29, 0.717) is 5.56 Å². The number of aryl methyl sites for hydroxylation is 1. The second-order valence-electron chi connectivity index (χ2n) is 4.22. The topological polar surface area (TPSA) is 106 Å². The smallest absolute Gasteiger partial charge is 0.255 e. The van der Waals surface area contributed by atoms with E-state index in [-0.39, 0.29) is 17.7 Å². The lowest BCUT2D eigenvalue weighted by atomic mass is 10.1. The first-order valence-corrected chi connectivity index (χ1v) is 5.38. The highest BCUT2D eigenvalue weighted by Gasteiger charge is 2.35. The van der Waals surface area contributed by atoms with E-state index in [1.807, 2.05) is 0 Å². The van der Waals surface area contributed by atoms with Crippen LogP contribution in [0.4, 0.5) is 0 Å². The van der Waals surface area contributed by atoms with Crippen molar-refractivity contribution in [3.8, 4) is 0 Å². The van der Waals surface area contributed by atoms with Gasteiger partial charge in [-0.2, -0.15) is 5.10 Å². The highest BCUT2D eigenvalue weighted by atomic mass is 16.4. The molecule has 0 radical (unpaired) electrons. The molecule has 92 valence electrons. The monoisotopic (exact) mass is 237 g/mol. The molecule has 2 rings (SSSR count). The van der Waals surface area contributed by atoms with Gasteiger partial charge in [-0.25, -0.2) is 0 Å². The molecule has 1 amide bonds. The largest absolute Gasteiger partial charge is 0.409 e. The van der Waals surface area contributed by atoms with E-state index >= 15 is 0 Å². The van der Waals surface area contributed by atoms with Crippen LogP contribution in [0, 0.1) is 5.92 Å². The fourth-order valence-electron chi connectivity index (χ4n) is 1.69. The van der Waals surface area contributed by atoms with E-state index in [1.54, 1.807) is 17.9 Å². The maximum atomic E-state index is 11.9. The number of hydrogen-bond donors (Lipinski definition) is 3. The fraction of sp³-hybridized carbons (Fsp3) is 0.500. The Kier molecular flexibility index (Phi) is 2.99. The Bertz CT molecular complexity index is 449. The maximum Gasteiger partial charge on any atom is 0.255 e. The van der Waals surface area contributed by atoms with Gasteiger partial charge in [0.15, 0.2) is 5.84 Å². The first-order chi connectivity index (χ1) is 8.11. The number of nitrogens with zero attached hydrogens (tertiary/aromatic N) is 3. The summed E-state index contributed by atoms with van der Waals surface area (Å²) >= 11 is 0. The molecule has 1 saturated carbocycles. The van der Waals surface area contributed by atoms with Gasteiger partial charge < -0.3 is 16.3 Å². The summed E-state index contributed by atoms with van der Waals surface area (Å²) in [5.74, 6) is 0.0536. The van der Waals surface area contributed by atoms with Gasteiger partial charge >= 0.3 is 0 Å². The Morgan fingerprint density at radius 3 is 2.94 bits per heavy atom. The average molecular weight is 237 g/mol.